The SMILES string of the molecule is C=Nc1c(N)ncnc1N(C)[C@@H]1O[C@@]23CO[C@@H]1[C@@H]2OP(=O)(S)OC[C@H]1O[C@@H](n2nnc4c(=O)[nH]c(N)nc42)[C@H](OP(=O)(S)OC3)[C@H]1F. The van der Waals surface area contributed by atoms with Gasteiger partial charge in [0.25, 0.3) is 5.56 Å². The smallest absolute Gasteiger partial charge is 0.382 e. The number of rotatable bonds is 4. The number of hydrogen-bond donors (Lipinski definition) is 5. The van der Waals surface area contributed by atoms with E-state index in [1.165, 1.54) is 11.2 Å². The lowest BCUT2D eigenvalue weighted by molar-refractivity contribution is -0.156. The summed E-state index contributed by atoms with van der Waals surface area (Å²) in [6, 6.07) is 0. The number of likely N-dealkylation sites (N-methyl/N-ethyl adjacent to an activating group) is 1. The van der Waals surface area contributed by atoms with E-state index in [9.17, 15) is 13.9 Å². The molecule has 7 heterocycles. The van der Waals surface area contributed by atoms with Crippen LogP contribution in [-0.4, -0.2) is 111 Å². The molecule has 0 aromatic carbocycles. The maximum atomic E-state index is 15.9. The van der Waals surface area contributed by atoms with Crippen LogP contribution in [-0.2, 0) is 41.4 Å². The lowest BCUT2D eigenvalue weighted by atomic mass is 10.0. The third-order valence-corrected chi connectivity index (χ3v) is 11.1. The van der Waals surface area contributed by atoms with Gasteiger partial charge in [-0.3, -0.25) is 32.9 Å². The molecule has 4 saturated heterocycles. The number of ether oxygens (including phenoxy) is 3. The van der Waals surface area contributed by atoms with Gasteiger partial charge in [-0.2, -0.15) is 9.67 Å². The minimum atomic E-state index is -4.49. The van der Waals surface area contributed by atoms with E-state index in [-0.39, 0.29) is 41.0 Å². The van der Waals surface area contributed by atoms with Crippen LogP contribution in [0.3, 0.4) is 0 Å². The molecule has 4 aliphatic rings. The molecule has 4 fully saturated rings. The molecule has 5 N–H and O–H groups in total. The standard InChI is InChI=1S/C21H26FN11O10P2S2/c1-25-9-14(23)26-6-27-15(9)32(2)18-12-13-21(41-18,4-37-12)5-39-45(36,47)42-11-8(22)7(3-38-44(35,46)43-13)40-19(11)33-16-10(30-31-33)17(34)29-20(24)28-16/h6-8,11-13,18-19H,1,3-5H2,2H3,(H,35,46)(H,36,47)(H2,23,26,27)(H3,24,28,29,34)/t7-,8+,11-,12-,13+,18-,19-,21-,44?,45?/m1/s1. The minimum Gasteiger partial charge on any atom is -0.382 e. The molecule has 7 rings (SSSR count). The van der Waals surface area contributed by atoms with Crippen molar-refractivity contribution in [1.82, 2.24) is 34.9 Å². The van der Waals surface area contributed by atoms with Gasteiger partial charge in [-0.1, -0.05) is 29.7 Å². The second-order valence-electron chi connectivity index (χ2n) is 10.8. The van der Waals surface area contributed by atoms with E-state index in [0.29, 0.717) is 0 Å². The van der Waals surface area contributed by atoms with Crippen LogP contribution in [0.4, 0.5) is 27.7 Å². The first-order chi connectivity index (χ1) is 22.2. The van der Waals surface area contributed by atoms with Crippen LogP contribution in [0.1, 0.15) is 6.23 Å². The molecule has 47 heavy (non-hydrogen) atoms. The monoisotopic (exact) mass is 737 g/mol. The van der Waals surface area contributed by atoms with Crippen molar-refractivity contribution in [2.75, 3.05) is 43.2 Å². The van der Waals surface area contributed by atoms with Gasteiger partial charge in [0.1, 0.15) is 42.0 Å². The topological polar surface area (TPSA) is 269 Å². The van der Waals surface area contributed by atoms with Crippen LogP contribution in [0.2, 0.25) is 0 Å². The average Bonchev–Trinajstić information content (AvgIpc) is 3.74. The Morgan fingerprint density at radius 1 is 1.19 bits per heavy atom. The predicted molar refractivity (Wildman–Crippen MR) is 165 cm³/mol. The van der Waals surface area contributed by atoms with Gasteiger partial charge >= 0.3 is 13.6 Å². The van der Waals surface area contributed by atoms with Crippen molar-refractivity contribution in [1.29, 1.82) is 0 Å². The van der Waals surface area contributed by atoms with Crippen molar-refractivity contribution in [3.05, 3.63) is 16.7 Å². The number of alkyl halides is 1. The van der Waals surface area contributed by atoms with E-state index in [1.807, 2.05) is 0 Å². The van der Waals surface area contributed by atoms with Crippen molar-refractivity contribution in [2.24, 2.45) is 4.99 Å². The zero-order valence-electron chi connectivity index (χ0n) is 23.9. The Kier molecular flexibility index (Phi) is 8.15. The second-order valence-corrected chi connectivity index (χ2v) is 16.6. The number of aliphatic imine (C=N–C) groups is 1. The summed E-state index contributed by atoms with van der Waals surface area (Å²) in [5.41, 5.74) is 9.04. The summed E-state index contributed by atoms with van der Waals surface area (Å²) in [6.45, 7) is -6.77. The first kappa shape index (κ1) is 32.8. The summed E-state index contributed by atoms with van der Waals surface area (Å²) < 4.78 is 84.9. The molecule has 4 aliphatic heterocycles. The maximum absolute atomic E-state index is 15.9. The molecular weight excluding hydrogens is 711 g/mol. The lowest BCUT2D eigenvalue weighted by Gasteiger charge is -2.36. The van der Waals surface area contributed by atoms with Crippen LogP contribution in [0.25, 0.3) is 11.2 Å². The zero-order chi connectivity index (χ0) is 33.5. The third-order valence-electron chi connectivity index (χ3n) is 7.91. The van der Waals surface area contributed by atoms with Gasteiger partial charge in [0.15, 0.2) is 41.4 Å². The number of aromatic nitrogens is 7. The molecule has 0 aliphatic carbocycles. The van der Waals surface area contributed by atoms with E-state index in [1.54, 1.807) is 7.05 Å². The first-order valence-corrected chi connectivity index (χ1v) is 18.9. The molecule has 2 unspecified atom stereocenters. The van der Waals surface area contributed by atoms with Gasteiger partial charge in [-0.25, -0.2) is 23.5 Å². The molecule has 0 saturated carbocycles. The summed E-state index contributed by atoms with van der Waals surface area (Å²) >= 11 is 8.20. The fourth-order valence-corrected chi connectivity index (χ4v) is 8.73. The molecule has 21 nitrogen and oxygen atoms in total. The number of H-pyrrole nitrogens is 1. The maximum Gasteiger partial charge on any atom is 0.386 e. The largest absolute Gasteiger partial charge is 0.386 e. The van der Waals surface area contributed by atoms with Crippen molar-refractivity contribution in [3.8, 4) is 0 Å². The molecule has 10 atom stereocenters. The van der Waals surface area contributed by atoms with Crippen LogP contribution in [0.5, 0.6) is 0 Å². The average molecular weight is 738 g/mol. The quantitative estimate of drug-likeness (QED) is 0.139. The zero-order valence-corrected chi connectivity index (χ0v) is 27.5. The van der Waals surface area contributed by atoms with Gasteiger partial charge in [-0.05, 0) is 6.72 Å². The highest BCUT2D eigenvalue weighted by Gasteiger charge is 2.66. The van der Waals surface area contributed by atoms with E-state index in [4.69, 9.17) is 43.8 Å². The number of nitrogens with one attached hydrogen (secondary N) is 1. The molecule has 3 aromatic rings. The number of anilines is 3. The number of nitrogens with zero attached hydrogens (tertiary/aromatic N) is 8. The fourth-order valence-electron chi connectivity index (χ4n) is 5.76. The van der Waals surface area contributed by atoms with Gasteiger partial charge in [-0.15, -0.1) is 5.10 Å². The fraction of sp³-hybridized carbons (Fsp3) is 0.571. The van der Waals surface area contributed by atoms with E-state index in [0.717, 1.165) is 4.68 Å². The Balaban J connectivity index is 1.22. The van der Waals surface area contributed by atoms with Crippen molar-refractivity contribution < 1.29 is 45.8 Å². The normalized spacial score (nSPS) is 38.8. The summed E-state index contributed by atoms with van der Waals surface area (Å²) in [7, 11) is 1.60. The van der Waals surface area contributed by atoms with E-state index >= 15 is 4.39 Å². The van der Waals surface area contributed by atoms with Crippen LogP contribution >= 0.6 is 38.1 Å². The van der Waals surface area contributed by atoms with E-state index in [2.05, 4.69) is 66.5 Å². The highest BCUT2D eigenvalue weighted by molar-refractivity contribution is 8.44. The molecule has 0 spiro atoms. The first-order valence-electron chi connectivity index (χ1n) is 13.5. The Bertz CT molecular complexity index is 1910. The van der Waals surface area contributed by atoms with Crippen molar-refractivity contribution in [3.63, 3.8) is 0 Å². The Morgan fingerprint density at radius 3 is 2.72 bits per heavy atom. The molecule has 0 amide bonds. The van der Waals surface area contributed by atoms with Crippen molar-refractivity contribution >= 4 is 79.2 Å². The number of nitrogens with two attached hydrogens (primary N) is 2. The second kappa shape index (κ2) is 11.7. The number of halogens is 1. The molecule has 3 aromatic heterocycles. The highest BCUT2D eigenvalue weighted by Crippen LogP contribution is 2.62. The molecule has 26 heteroatoms. The molecule has 254 valence electrons. The van der Waals surface area contributed by atoms with Gasteiger partial charge in [0, 0.05) is 7.05 Å². The lowest BCUT2D eigenvalue weighted by Crippen LogP contribution is -2.48. The van der Waals surface area contributed by atoms with Gasteiger partial charge in [0.2, 0.25) is 5.95 Å². The predicted octanol–water partition coefficient (Wildman–Crippen LogP) is 0.560. The third kappa shape index (κ3) is 5.63. The number of nitrogen functional groups attached to an aromatic ring is 2. The van der Waals surface area contributed by atoms with Gasteiger partial charge in [0.05, 0.1) is 19.8 Å². The minimum absolute atomic E-state index is 0.0499. The highest BCUT2D eigenvalue weighted by atomic mass is 32.7. The van der Waals surface area contributed by atoms with Crippen LogP contribution in [0, 0.1) is 0 Å². The summed E-state index contributed by atoms with van der Waals surface area (Å²) in [5, 5.41) is 7.60. The van der Waals surface area contributed by atoms with Crippen LogP contribution in [0.15, 0.2) is 16.1 Å². The number of fused-ring (bicyclic) bond motifs is 3. The Labute approximate surface area is 273 Å². The van der Waals surface area contributed by atoms with Crippen molar-refractivity contribution in [2.45, 2.75) is 48.6 Å². The molecule has 4 bridgehead atoms. The molecular formula is C21H26FN11O10P2S2. The Morgan fingerprint density at radius 2 is 1.96 bits per heavy atom. The number of aromatic amines is 1. The van der Waals surface area contributed by atoms with Crippen LogP contribution < -0.4 is 21.9 Å². The number of hydrogen-bond acceptors (Lipinski definition) is 19. The number of thiol groups is 2. The molecule has 0 radical (unpaired) electrons. The summed E-state index contributed by atoms with van der Waals surface area (Å²) in [6.07, 6.45) is -8.87. The Hall–Kier alpha value is -2.76. The summed E-state index contributed by atoms with van der Waals surface area (Å²) in [4.78, 5) is 32.1. The van der Waals surface area contributed by atoms with Gasteiger partial charge < -0.3 is 30.6 Å². The van der Waals surface area contributed by atoms with E-state index < -0.39 is 81.0 Å². The summed E-state index contributed by atoms with van der Waals surface area (Å²) in [5.74, 6) is -0.0174.